The van der Waals surface area contributed by atoms with Crippen LogP contribution in [0.1, 0.15) is 52.4 Å². The molecule has 98 valence electrons. The largest absolute Gasteiger partial charge is 0.341 e. The van der Waals surface area contributed by atoms with Crippen molar-refractivity contribution in [1.82, 2.24) is 10.2 Å². The lowest BCUT2D eigenvalue weighted by atomic mass is 9.98. The van der Waals surface area contributed by atoms with Crippen LogP contribution in [-0.4, -0.2) is 36.0 Å². The van der Waals surface area contributed by atoms with E-state index in [1.807, 2.05) is 0 Å². The third kappa shape index (κ3) is 3.21. The lowest BCUT2D eigenvalue weighted by Crippen LogP contribution is -2.39. The average Bonchev–Trinajstić information content (AvgIpc) is 2.65. The van der Waals surface area contributed by atoms with E-state index >= 15 is 0 Å². The molecule has 1 amide bonds. The summed E-state index contributed by atoms with van der Waals surface area (Å²) in [5.74, 6) is 0.962. The maximum atomic E-state index is 12.3. The van der Waals surface area contributed by atoms with Crippen LogP contribution in [0.4, 0.5) is 0 Å². The molecule has 0 radical (unpaired) electrons. The second-order valence-electron chi connectivity index (χ2n) is 5.65. The van der Waals surface area contributed by atoms with Gasteiger partial charge in [-0.2, -0.15) is 0 Å². The summed E-state index contributed by atoms with van der Waals surface area (Å²) in [7, 11) is 0. The summed E-state index contributed by atoms with van der Waals surface area (Å²) in [5.41, 5.74) is 0. The van der Waals surface area contributed by atoms with Gasteiger partial charge in [0.2, 0.25) is 5.91 Å². The molecule has 2 rings (SSSR count). The van der Waals surface area contributed by atoms with Crippen LogP contribution >= 0.6 is 0 Å². The van der Waals surface area contributed by atoms with Crippen molar-refractivity contribution in [2.75, 3.05) is 13.1 Å². The minimum atomic E-state index is 0.382. The van der Waals surface area contributed by atoms with Crippen molar-refractivity contribution in [2.45, 2.75) is 64.5 Å². The van der Waals surface area contributed by atoms with Gasteiger partial charge in [0.15, 0.2) is 0 Å². The lowest BCUT2D eigenvalue weighted by molar-refractivity contribution is -0.132. The Balaban J connectivity index is 1.86. The van der Waals surface area contributed by atoms with Gasteiger partial charge in [-0.3, -0.25) is 4.79 Å². The number of likely N-dealkylation sites (tertiary alicyclic amines) is 1. The monoisotopic (exact) mass is 238 g/mol. The zero-order valence-corrected chi connectivity index (χ0v) is 11.2. The Morgan fingerprint density at radius 3 is 2.65 bits per heavy atom. The first-order chi connectivity index (χ1) is 8.22. The molecule has 2 bridgehead atoms. The molecule has 1 N–H and O–H groups in total. The van der Waals surface area contributed by atoms with Crippen molar-refractivity contribution in [3.05, 3.63) is 0 Å². The van der Waals surface area contributed by atoms with E-state index in [0.29, 0.717) is 23.9 Å². The molecule has 2 fully saturated rings. The van der Waals surface area contributed by atoms with Gasteiger partial charge in [-0.25, -0.2) is 0 Å². The number of amides is 1. The molecule has 17 heavy (non-hydrogen) atoms. The fraction of sp³-hybridized carbons (Fsp3) is 0.929. The Bertz CT molecular complexity index is 263. The number of hydrogen-bond donors (Lipinski definition) is 1. The predicted molar refractivity (Wildman–Crippen MR) is 69.8 cm³/mol. The normalized spacial score (nSPS) is 28.5. The van der Waals surface area contributed by atoms with Crippen LogP contribution in [-0.2, 0) is 4.79 Å². The van der Waals surface area contributed by atoms with E-state index < -0.39 is 0 Å². The third-order valence-electron chi connectivity index (χ3n) is 4.49. The maximum Gasteiger partial charge on any atom is 0.222 e. The summed E-state index contributed by atoms with van der Waals surface area (Å²) in [6.45, 7) is 6.28. The van der Waals surface area contributed by atoms with Crippen molar-refractivity contribution in [3.8, 4) is 0 Å². The standard InChI is InChI=1S/C14H26N2O/c1-3-11(4-2)9-14(17)16-8-7-12-5-6-13(10-16)15-12/h11-13,15H,3-10H2,1-2H3. The van der Waals surface area contributed by atoms with E-state index in [9.17, 15) is 4.79 Å². The van der Waals surface area contributed by atoms with E-state index in [1.165, 1.54) is 12.8 Å². The fourth-order valence-corrected chi connectivity index (χ4v) is 3.12. The van der Waals surface area contributed by atoms with Gasteiger partial charge < -0.3 is 10.2 Å². The number of carbonyl (C=O) groups is 1. The van der Waals surface area contributed by atoms with Gasteiger partial charge >= 0.3 is 0 Å². The lowest BCUT2D eigenvalue weighted by Gasteiger charge is -2.26. The molecule has 2 saturated heterocycles. The average molecular weight is 238 g/mol. The summed E-state index contributed by atoms with van der Waals surface area (Å²) in [4.78, 5) is 14.4. The highest BCUT2D eigenvalue weighted by atomic mass is 16.2. The van der Waals surface area contributed by atoms with Gasteiger partial charge in [0.05, 0.1) is 0 Å². The van der Waals surface area contributed by atoms with E-state index in [4.69, 9.17) is 0 Å². The number of nitrogens with one attached hydrogen (secondary N) is 1. The second kappa shape index (κ2) is 5.85. The number of fused-ring (bicyclic) bond motifs is 2. The van der Waals surface area contributed by atoms with Crippen LogP contribution in [0, 0.1) is 5.92 Å². The van der Waals surface area contributed by atoms with Crippen molar-refractivity contribution >= 4 is 5.91 Å². The van der Waals surface area contributed by atoms with Gasteiger partial charge in [0.1, 0.15) is 0 Å². The van der Waals surface area contributed by atoms with Crippen molar-refractivity contribution < 1.29 is 4.79 Å². The summed E-state index contributed by atoms with van der Waals surface area (Å²) in [5, 5.41) is 3.63. The van der Waals surface area contributed by atoms with E-state index in [2.05, 4.69) is 24.1 Å². The highest BCUT2D eigenvalue weighted by Gasteiger charge is 2.31. The van der Waals surface area contributed by atoms with Crippen molar-refractivity contribution in [1.29, 1.82) is 0 Å². The maximum absolute atomic E-state index is 12.3. The summed E-state index contributed by atoms with van der Waals surface area (Å²) >= 11 is 0. The number of hydrogen-bond acceptors (Lipinski definition) is 2. The summed E-state index contributed by atoms with van der Waals surface area (Å²) < 4.78 is 0. The number of rotatable bonds is 4. The SMILES string of the molecule is CCC(CC)CC(=O)N1CCC2CCC(C1)N2. The van der Waals surface area contributed by atoms with Crippen LogP contribution in [0.3, 0.4) is 0 Å². The molecule has 0 aliphatic carbocycles. The van der Waals surface area contributed by atoms with Gasteiger partial charge in [0.25, 0.3) is 0 Å². The highest BCUT2D eigenvalue weighted by molar-refractivity contribution is 5.76. The van der Waals surface area contributed by atoms with Gasteiger partial charge in [0, 0.05) is 31.6 Å². The minimum absolute atomic E-state index is 0.382. The zero-order chi connectivity index (χ0) is 12.3. The van der Waals surface area contributed by atoms with Crippen LogP contribution < -0.4 is 5.32 Å². The Morgan fingerprint density at radius 2 is 1.94 bits per heavy atom. The predicted octanol–water partition coefficient (Wildman–Crippen LogP) is 2.17. The molecule has 2 heterocycles. The topological polar surface area (TPSA) is 32.3 Å². The van der Waals surface area contributed by atoms with Crippen LogP contribution in [0.15, 0.2) is 0 Å². The molecule has 2 aliphatic heterocycles. The molecule has 0 aromatic carbocycles. The molecular formula is C14H26N2O. The first kappa shape index (κ1) is 12.9. The minimum Gasteiger partial charge on any atom is -0.341 e. The third-order valence-corrected chi connectivity index (χ3v) is 4.49. The zero-order valence-electron chi connectivity index (χ0n) is 11.2. The van der Waals surface area contributed by atoms with E-state index in [0.717, 1.165) is 38.8 Å². The van der Waals surface area contributed by atoms with Crippen LogP contribution in [0.25, 0.3) is 0 Å². The Morgan fingerprint density at radius 1 is 1.24 bits per heavy atom. The molecule has 2 atom stereocenters. The van der Waals surface area contributed by atoms with Crippen LogP contribution in [0.5, 0.6) is 0 Å². The second-order valence-corrected chi connectivity index (χ2v) is 5.65. The van der Waals surface area contributed by atoms with Crippen molar-refractivity contribution in [3.63, 3.8) is 0 Å². The molecule has 0 saturated carbocycles. The molecule has 0 aromatic heterocycles. The smallest absolute Gasteiger partial charge is 0.222 e. The molecule has 3 nitrogen and oxygen atoms in total. The molecule has 3 heteroatoms. The molecule has 0 spiro atoms. The summed E-state index contributed by atoms with van der Waals surface area (Å²) in [6, 6.07) is 1.24. The van der Waals surface area contributed by atoms with Gasteiger partial charge in [-0.05, 0) is 25.2 Å². The van der Waals surface area contributed by atoms with E-state index in [-0.39, 0.29) is 0 Å². The Hall–Kier alpha value is -0.570. The van der Waals surface area contributed by atoms with Gasteiger partial charge in [-0.1, -0.05) is 26.7 Å². The van der Waals surface area contributed by atoms with E-state index in [1.54, 1.807) is 0 Å². The van der Waals surface area contributed by atoms with Crippen molar-refractivity contribution in [2.24, 2.45) is 5.92 Å². The first-order valence-electron chi connectivity index (χ1n) is 7.26. The molecule has 2 unspecified atom stereocenters. The van der Waals surface area contributed by atoms with Crippen LogP contribution in [0.2, 0.25) is 0 Å². The summed E-state index contributed by atoms with van der Waals surface area (Å²) in [6.07, 6.45) is 6.70. The quantitative estimate of drug-likeness (QED) is 0.814. The number of carbonyl (C=O) groups excluding carboxylic acids is 1. The van der Waals surface area contributed by atoms with Gasteiger partial charge in [-0.15, -0.1) is 0 Å². The molecule has 0 aromatic rings. The molecule has 2 aliphatic rings. The molecular weight excluding hydrogens is 212 g/mol. The first-order valence-corrected chi connectivity index (χ1v) is 7.26. The Kier molecular flexibility index (Phi) is 4.43. The number of nitrogens with zero attached hydrogens (tertiary/aromatic N) is 1. The fourth-order valence-electron chi connectivity index (χ4n) is 3.12. The highest BCUT2D eigenvalue weighted by Crippen LogP contribution is 2.22. The Labute approximate surface area is 105 Å².